The van der Waals surface area contributed by atoms with Crippen molar-refractivity contribution < 1.29 is 14.3 Å². The fourth-order valence-corrected chi connectivity index (χ4v) is 1.62. The van der Waals surface area contributed by atoms with Crippen LogP contribution >= 0.6 is 0 Å². The third-order valence-electron chi connectivity index (χ3n) is 2.62. The zero-order chi connectivity index (χ0) is 14.3. The molecule has 0 heterocycles. The van der Waals surface area contributed by atoms with Crippen molar-refractivity contribution >= 4 is 12.0 Å². The van der Waals surface area contributed by atoms with Gasteiger partial charge in [-0.15, -0.1) is 0 Å². The fourth-order valence-electron chi connectivity index (χ4n) is 1.62. The molecule has 0 aliphatic carbocycles. The highest BCUT2D eigenvalue weighted by molar-refractivity contribution is 5.81. The Morgan fingerprint density at radius 1 is 1.21 bits per heavy atom. The average molecular weight is 264 g/mol. The summed E-state index contributed by atoms with van der Waals surface area (Å²) in [6.45, 7) is 5.68. The van der Waals surface area contributed by atoms with E-state index in [0.29, 0.717) is 6.61 Å². The number of hydrogen-bond donors (Lipinski definition) is 2. The van der Waals surface area contributed by atoms with Crippen LogP contribution in [0.2, 0.25) is 0 Å². The molecule has 0 aliphatic rings. The Morgan fingerprint density at radius 3 is 2.42 bits per heavy atom. The van der Waals surface area contributed by atoms with Crippen LogP contribution in [-0.4, -0.2) is 25.2 Å². The van der Waals surface area contributed by atoms with Gasteiger partial charge in [-0.2, -0.15) is 0 Å². The maximum atomic E-state index is 11.7. The van der Waals surface area contributed by atoms with Gasteiger partial charge < -0.3 is 15.4 Å². The first-order valence-corrected chi connectivity index (χ1v) is 6.23. The summed E-state index contributed by atoms with van der Waals surface area (Å²) in [5, 5.41) is 5.28. The second kappa shape index (κ2) is 6.78. The molecule has 2 amide bonds. The van der Waals surface area contributed by atoms with E-state index in [0.717, 1.165) is 5.56 Å². The topological polar surface area (TPSA) is 67.4 Å². The predicted molar refractivity (Wildman–Crippen MR) is 72.6 cm³/mol. The van der Waals surface area contributed by atoms with E-state index in [9.17, 15) is 9.59 Å². The Hall–Kier alpha value is -2.04. The van der Waals surface area contributed by atoms with Gasteiger partial charge in [0.05, 0.1) is 12.1 Å². The summed E-state index contributed by atoms with van der Waals surface area (Å²) in [7, 11) is 0. The lowest BCUT2D eigenvalue weighted by atomic mass is 9.95. The van der Waals surface area contributed by atoms with Crippen LogP contribution in [0.15, 0.2) is 30.3 Å². The zero-order valence-corrected chi connectivity index (χ0v) is 11.5. The lowest BCUT2D eigenvalue weighted by Gasteiger charge is -2.26. The van der Waals surface area contributed by atoms with Crippen molar-refractivity contribution in [1.29, 1.82) is 0 Å². The summed E-state index contributed by atoms with van der Waals surface area (Å²) in [5.41, 5.74) is 0.473. The van der Waals surface area contributed by atoms with Crippen LogP contribution in [0.3, 0.4) is 0 Å². The van der Waals surface area contributed by atoms with Gasteiger partial charge in [0, 0.05) is 0 Å². The summed E-state index contributed by atoms with van der Waals surface area (Å²) in [4.78, 5) is 22.8. The number of urea groups is 1. The third-order valence-corrected chi connectivity index (χ3v) is 2.62. The molecule has 0 unspecified atom stereocenters. The summed E-state index contributed by atoms with van der Waals surface area (Å²) in [5.74, 6) is -0.449. The van der Waals surface area contributed by atoms with Crippen LogP contribution in [0.4, 0.5) is 4.79 Å². The fraction of sp³-hybridized carbons (Fsp3) is 0.429. The highest BCUT2D eigenvalue weighted by atomic mass is 16.5. The molecule has 2 N–H and O–H groups in total. The number of benzene rings is 1. The third kappa shape index (κ3) is 4.99. The molecule has 0 aromatic heterocycles. The molecule has 0 saturated heterocycles. The van der Waals surface area contributed by atoms with E-state index in [1.54, 1.807) is 6.92 Å². The molecule has 5 heteroatoms. The molecular weight excluding hydrogens is 244 g/mol. The van der Waals surface area contributed by atoms with E-state index >= 15 is 0 Å². The van der Waals surface area contributed by atoms with E-state index in [-0.39, 0.29) is 6.54 Å². The Morgan fingerprint density at radius 2 is 1.84 bits per heavy atom. The quantitative estimate of drug-likeness (QED) is 0.797. The number of esters is 1. The summed E-state index contributed by atoms with van der Waals surface area (Å²) >= 11 is 0. The number of rotatable bonds is 5. The molecule has 0 radical (unpaired) electrons. The normalized spacial score (nSPS) is 10.7. The van der Waals surface area contributed by atoms with Crippen molar-refractivity contribution in [3.63, 3.8) is 0 Å². The van der Waals surface area contributed by atoms with Crippen LogP contribution in [0.1, 0.15) is 26.3 Å². The Balaban J connectivity index is 2.50. The second-order valence-electron chi connectivity index (χ2n) is 4.60. The number of ether oxygens (including phenoxy) is 1. The Labute approximate surface area is 113 Å². The van der Waals surface area contributed by atoms with Crippen molar-refractivity contribution in [3.8, 4) is 0 Å². The zero-order valence-electron chi connectivity index (χ0n) is 11.5. The lowest BCUT2D eigenvalue weighted by molar-refractivity contribution is -0.141. The first-order valence-electron chi connectivity index (χ1n) is 6.23. The maximum Gasteiger partial charge on any atom is 0.325 e. The molecule has 0 fully saturated rings. The van der Waals surface area contributed by atoms with E-state index < -0.39 is 17.5 Å². The van der Waals surface area contributed by atoms with Gasteiger partial charge in [-0.25, -0.2) is 4.79 Å². The van der Waals surface area contributed by atoms with E-state index in [1.807, 2.05) is 44.2 Å². The number of amides is 2. The van der Waals surface area contributed by atoms with Crippen LogP contribution in [0, 0.1) is 0 Å². The SMILES string of the molecule is CCOC(=O)CNC(=O)NC(C)(C)c1ccccc1. The average Bonchev–Trinajstić information content (AvgIpc) is 2.37. The highest BCUT2D eigenvalue weighted by Crippen LogP contribution is 2.18. The highest BCUT2D eigenvalue weighted by Gasteiger charge is 2.22. The maximum absolute atomic E-state index is 11.7. The largest absolute Gasteiger partial charge is 0.465 e. The van der Waals surface area contributed by atoms with Crippen molar-refractivity contribution in [3.05, 3.63) is 35.9 Å². The van der Waals surface area contributed by atoms with Crippen LogP contribution < -0.4 is 10.6 Å². The van der Waals surface area contributed by atoms with Gasteiger partial charge >= 0.3 is 12.0 Å². The van der Waals surface area contributed by atoms with Gasteiger partial charge in [0.2, 0.25) is 0 Å². The number of nitrogens with one attached hydrogen (secondary N) is 2. The van der Waals surface area contributed by atoms with Crippen LogP contribution in [0.25, 0.3) is 0 Å². The molecule has 0 spiro atoms. The van der Waals surface area contributed by atoms with Crippen LogP contribution in [-0.2, 0) is 15.1 Å². The lowest BCUT2D eigenvalue weighted by Crippen LogP contribution is -2.47. The van der Waals surface area contributed by atoms with Gasteiger partial charge in [-0.1, -0.05) is 30.3 Å². The summed E-state index contributed by atoms with van der Waals surface area (Å²) in [6.07, 6.45) is 0. The minimum absolute atomic E-state index is 0.134. The first kappa shape index (κ1) is 15.0. The van der Waals surface area contributed by atoms with Gasteiger partial charge in [-0.3, -0.25) is 4.79 Å². The minimum Gasteiger partial charge on any atom is -0.465 e. The van der Waals surface area contributed by atoms with Gasteiger partial charge in [-0.05, 0) is 26.3 Å². The molecule has 19 heavy (non-hydrogen) atoms. The molecule has 5 nitrogen and oxygen atoms in total. The molecule has 0 aliphatic heterocycles. The molecule has 104 valence electrons. The smallest absolute Gasteiger partial charge is 0.325 e. The molecular formula is C14H20N2O3. The van der Waals surface area contributed by atoms with Gasteiger partial charge in [0.1, 0.15) is 6.54 Å². The number of hydrogen-bond acceptors (Lipinski definition) is 3. The van der Waals surface area contributed by atoms with E-state index in [2.05, 4.69) is 10.6 Å². The predicted octanol–water partition coefficient (Wildman–Crippen LogP) is 1.78. The van der Waals surface area contributed by atoms with Crippen molar-refractivity contribution in [1.82, 2.24) is 10.6 Å². The monoisotopic (exact) mass is 264 g/mol. The van der Waals surface area contributed by atoms with Crippen LogP contribution in [0.5, 0.6) is 0 Å². The van der Waals surface area contributed by atoms with Crippen molar-refractivity contribution in [2.45, 2.75) is 26.3 Å². The second-order valence-corrected chi connectivity index (χ2v) is 4.60. The number of carbonyl (C=O) groups is 2. The molecule has 1 aromatic rings. The molecule has 0 atom stereocenters. The standard InChI is InChI=1S/C14H20N2O3/c1-4-19-12(17)10-15-13(18)16-14(2,3)11-8-6-5-7-9-11/h5-9H,4,10H2,1-3H3,(H2,15,16,18). The molecule has 0 saturated carbocycles. The molecule has 1 aromatic carbocycles. The minimum atomic E-state index is -0.514. The Kier molecular flexibility index (Phi) is 5.36. The molecule has 1 rings (SSSR count). The van der Waals surface area contributed by atoms with Gasteiger partial charge in [0.15, 0.2) is 0 Å². The molecule has 0 bridgehead atoms. The number of carbonyl (C=O) groups excluding carboxylic acids is 2. The summed E-state index contributed by atoms with van der Waals surface area (Å²) < 4.78 is 4.73. The van der Waals surface area contributed by atoms with Crippen molar-refractivity contribution in [2.75, 3.05) is 13.2 Å². The van der Waals surface area contributed by atoms with Crippen molar-refractivity contribution in [2.24, 2.45) is 0 Å². The van der Waals surface area contributed by atoms with E-state index in [4.69, 9.17) is 4.74 Å². The van der Waals surface area contributed by atoms with Gasteiger partial charge in [0.25, 0.3) is 0 Å². The van der Waals surface area contributed by atoms with E-state index in [1.165, 1.54) is 0 Å². The summed E-state index contributed by atoms with van der Waals surface area (Å²) in [6, 6.07) is 9.21. The Bertz CT molecular complexity index is 430. The first-order chi connectivity index (χ1) is 8.95.